The van der Waals surface area contributed by atoms with Crippen molar-refractivity contribution in [2.45, 2.75) is 25.1 Å². The molecule has 0 spiro atoms. The van der Waals surface area contributed by atoms with Gasteiger partial charge >= 0.3 is 0 Å². The number of hydrogen-bond donors (Lipinski definition) is 1. The van der Waals surface area contributed by atoms with Crippen LogP contribution in [0.15, 0.2) is 24.3 Å². The smallest absolute Gasteiger partial charge is 0.220 e. The summed E-state index contributed by atoms with van der Waals surface area (Å²) < 4.78 is 27.1. The third-order valence-electron chi connectivity index (χ3n) is 2.58. The molecule has 0 aliphatic carbocycles. The minimum atomic E-state index is -1.46. The van der Waals surface area contributed by atoms with Crippen molar-refractivity contribution >= 4 is 5.91 Å². The van der Waals surface area contributed by atoms with Crippen molar-refractivity contribution in [2.24, 2.45) is 0 Å². The summed E-state index contributed by atoms with van der Waals surface area (Å²) in [5.74, 6) is -0.731. The second kappa shape index (κ2) is 3.96. The van der Waals surface area contributed by atoms with Crippen molar-refractivity contribution in [1.29, 1.82) is 0 Å². The van der Waals surface area contributed by atoms with Crippen LogP contribution in [0.1, 0.15) is 24.6 Å². The molecule has 2 unspecified atom stereocenters. The predicted octanol–water partition coefficient (Wildman–Crippen LogP) is 2.11. The Hall–Kier alpha value is -1.45. The molecule has 2 nitrogen and oxygen atoms in total. The fourth-order valence-electron chi connectivity index (χ4n) is 1.77. The first-order valence-corrected chi connectivity index (χ1v) is 4.86. The van der Waals surface area contributed by atoms with Gasteiger partial charge in [-0.2, -0.15) is 0 Å². The molecule has 15 heavy (non-hydrogen) atoms. The van der Waals surface area contributed by atoms with Gasteiger partial charge in [0.05, 0.1) is 6.04 Å². The molecule has 1 heterocycles. The van der Waals surface area contributed by atoms with Crippen molar-refractivity contribution < 1.29 is 13.6 Å². The minimum Gasteiger partial charge on any atom is -0.350 e. The number of rotatable bonds is 2. The van der Waals surface area contributed by atoms with E-state index in [1.54, 1.807) is 6.07 Å². The number of nitrogens with one attached hydrogen (secondary N) is 1. The highest BCUT2D eigenvalue weighted by atomic mass is 19.1. The number of alkyl halides is 1. The van der Waals surface area contributed by atoms with Gasteiger partial charge in [-0.1, -0.05) is 18.2 Å². The highest BCUT2D eigenvalue weighted by molar-refractivity contribution is 5.78. The second-order valence-electron chi connectivity index (χ2n) is 3.64. The Morgan fingerprint density at radius 1 is 1.40 bits per heavy atom. The summed E-state index contributed by atoms with van der Waals surface area (Å²) in [6.07, 6.45) is -0.717. The Balaban J connectivity index is 2.17. The van der Waals surface area contributed by atoms with E-state index in [1.165, 1.54) is 18.2 Å². The molecule has 2 rings (SSSR count). The van der Waals surface area contributed by atoms with Gasteiger partial charge in [-0.05, 0) is 12.5 Å². The predicted molar refractivity (Wildman–Crippen MR) is 51.4 cm³/mol. The van der Waals surface area contributed by atoms with E-state index in [1.807, 2.05) is 0 Å². The first kappa shape index (κ1) is 10.1. The monoisotopic (exact) mass is 211 g/mol. The maximum Gasteiger partial charge on any atom is 0.220 e. The van der Waals surface area contributed by atoms with E-state index in [9.17, 15) is 13.6 Å². The zero-order valence-electron chi connectivity index (χ0n) is 8.04. The maximum absolute atomic E-state index is 13.8. The lowest BCUT2D eigenvalue weighted by Gasteiger charge is -2.16. The molecule has 1 aliphatic heterocycles. The molecule has 0 radical (unpaired) electrons. The van der Waals surface area contributed by atoms with Crippen LogP contribution in [0.2, 0.25) is 0 Å². The van der Waals surface area contributed by atoms with E-state index >= 15 is 0 Å². The maximum atomic E-state index is 13.8. The zero-order chi connectivity index (χ0) is 10.8. The normalized spacial score (nSPS) is 22.5. The SMILES string of the molecule is O=C1CCC(C(F)c2ccccc2F)N1. The molecule has 0 aromatic heterocycles. The van der Waals surface area contributed by atoms with Crippen LogP contribution in [0.4, 0.5) is 8.78 Å². The van der Waals surface area contributed by atoms with Crippen molar-refractivity contribution in [2.75, 3.05) is 0 Å². The van der Waals surface area contributed by atoms with E-state index in [2.05, 4.69) is 5.32 Å². The molecule has 4 heteroatoms. The molecule has 0 saturated carbocycles. The molecule has 1 aliphatic rings. The van der Waals surface area contributed by atoms with Gasteiger partial charge in [0.2, 0.25) is 5.91 Å². The number of halogens is 2. The number of carbonyl (C=O) groups excluding carboxylic acids is 1. The zero-order valence-corrected chi connectivity index (χ0v) is 8.04. The van der Waals surface area contributed by atoms with Gasteiger partial charge in [-0.15, -0.1) is 0 Å². The van der Waals surface area contributed by atoms with Crippen LogP contribution in [0, 0.1) is 5.82 Å². The summed E-state index contributed by atoms with van der Waals surface area (Å²) in [6.45, 7) is 0. The number of benzene rings is 1. The Morgan fingerprint density at radius 3 is 2.73 bits per heavy atom. The van der Waals surface area contributed by atoms with E-state index in [0.717, 1.165) is 0 Å². The quantitative estimate of drug-likeness (QED) is 0.797. The van der Waals surface area contributed by atoms with Gasteiger partial charge in [-0.25, -0.2) is 8.78 Å². The standard InChI is InChI=1S/C11H11F2NO/c12-8-4-2-1-3-7(8)11(13)9-5-6-10(15)14-9/h1-4,9,11H,5-6H2,(H,14,15). The minimum absolute atomic E-state index is 0.0182. The van der Waals surface area contributed by atoms with Crippen molar-refractivity contribution in [3.05, 3.63) is 35.6 Å². The number of carbonyl (C=O) groups is 1. The van der Waals surface area contributed by atoms with E-state index < -0.39 is 18.0 Å². The Morgan fingerprint density at radius 2 is 2.13 bits per heavy atom. The summed E-state index contributed by atoms with van der Waals surface area (Å²) >= 11 is 0. The summed E-state index contributed by atoms with van der Waals surface area (Å²) in [6, 6.07) is 5.14. The average molecular weight is 211 g/mol. The fourth-order valence-corrected chi connectivity index (χ4v) is 1.77. The van der Waals surface area contributed by atoms with Crippen LogP contribution in [0.5, 0.6) is 0 Å². The van der Waals surface area contributed by atoms with E-state index in [0.29, 0.717) is 12.8 Å². The summed E-state index contributed by atoms with van der Waals surface area (Å²) in [4.78, 5) is 10.9. The summed E-state index contributed by atoms with van der Waals surface area (Å²) in [5, 5.41) is 2.50. The van der Waals surface area contributed by atoms with Crippen molar-refractivity contribution in [1.82, 2.24) is 5.32 Å². The third kappa shape index (κ3) is 1.98. The Kier molecular flexibility index (Phi) is 2.66. The molecule has 1 amide bonds. The fraction of sp³-hybridized carbons (Fsp3) is 0.364. The number of hydrogen-bond acceptors (Lipinski definition) is 1. The molecule has 2 atom stereocenters. The topological polar surface area (TPSA) is 29.1 Å². The molecule has 0 bridgehead atoms. The molecular formula is C11H11F2NO. The van der Waals surface area contributed by atoms with Crippen LogP contribution in [-0.4, -0.2) is 11.9 Å². The van der Waals surface area contributed by atoms with Gasteiger partial charge in [0.25, 0.3) is 0 Å². The highest BCUT2D eigenvalue weighted by Gasteiger charge is 2.31. The Labute approximate surface area is 86.3 Å². The van der Waals surface area contributed by atoms with Crippen molar-refractivity contribution in [3.8, 4) is 0 Å². The lowest BCUT2D eigenvalue weighted by molar-refractivity contribution is -0.119. The van der Waals surface area contributed by atoms with Crippen LogP contribution in [0.3, 0.4) is 0 Å². The first-order valence-electron chi connectivity index (χ1n) is 4.86. The summed E-state index contributed by atoms with van der Waals surface area (Å²) in [5.41, 5.74) is 0.0182. The lowest BCUT2D eigenvalue weighted by Crippen LogP contribution is -2.29. The second-order valence-corrected chi connectivity index (χ2v) is 3.64. The van der Waals surface area contributed by atoms with Gasteiger partial charge in [0, 0.05) is 12.0 Å². The van der Waals surface area contributed by atoms with E-state index in [4.69, 9.17) is 0 Å². The summed E-state index contributed by atoms with van der Waals surface area (Å²) in [7, 11) is 0. The molecule has 1 aromatic carbocycles. The lowest BCUT2D eigenvalue weighted by atomic mass is 10.0. The number of amides is 1. The van der Waals surface area contributed by atoms with Gasteiger partial charge < -0.3 is 5.32 Å². The molecule has 1 aromatic rings. The van der Waals surface area contributed by atoms with Crippen LogP contribution >= 0.6 is 0 Å². The van der Waals surface area contributed by atoms with Crippen LogP contribution in [-0.2, 0) is 4.79 Å². The van der Waals surface area contributed by atoms with Gasteiger partial charge in [-0.3, -0.25) is 4.79 Å². The van der Waals surface area contributed by atoms with Crippen LogP contribution < -0.4 is 5.32 Å². The molecular weight excluding hydrogens is 200 g/mol. The molecule has 1 saturated heterocycles. The van der Waals surface area contributed by atoms with Gasteiger partial charge in [0.15, 0.2) is 0 Å². The van der Waals surface area contributed by atoms with E-state index in [-0.39, 0.29) is 11.5 Å². The van der Waals surface area contributed by atoms with Crippen molar-refractivity contribution in [3.63, 3.8) is 0 Å². The third-order valence-corrected chi connectivity index (χ3v) is 2.58. The highest BCUT2D eigenvalue weighted by Crippen LogP contribution is 2.28. The molecule has 1 N–H and O–H groups in total. The largest absolute Gasteiger partial charge is 0.350 e. The molecule has 1 fully saturated rings. The average Bonchev–Trinajstić information content (AvgIpc) is 2.65. The van der Waals surface area contributed by atoms with Gasteiger partial charge in [0.1, 0.15) is 12.0 Å². The molecule has 80 valence electrons. The first-order chi connectivity index (χ1) is 7.18. The van der Waals surface area contributed by atoms with Crippen LogP contribution in [0.25, 0.3) is 0 Å². The Bertz CT molecular complexity index is 381.